The summed E-state index contributed by atoms with van der Waals surface area (Å²) < 4.78 is 14.6. The Kier molecular flexibility index (Phi) is 2.60. The van der Waals surface area contributed by atoms with E-state index >= 15 is 0 Å². The first-order valence-electron chi connectivity index (χ1n) is 5.64. The summed E-state index contributed by atoms with van der Waals surface area (Å²) in [4.78, 5) is 2.31. The van der Waals surface area contributed by atoms with E-state index < -0.39 is 0 Å². The van der Waals surface area contributed by atoms with E-state index in [-0.39, 0.29) is 5.82 Å². The maximum absolute atomic E-state index is 12.7. The predicted molar refractivity (Wildman–Crippen MR) is 60.7 cm³/mol. The molecule has 0 aliphatic carbocycles. The molecule has 1 saturated heterocycles. The van der Waals surface area contributed by atoms with Gasteiger partial charge in [0.05, 0.1) is 12.2 Å². The SMILES string of the molecule is Fc1ccc(CN2CC(n3ccnn3)C2)cc1. The maximum atomic E-state index is 12.7. The van der Waals surface area contributed by atoms with Gasteiger partial charge in [0.15, 0.2) is 0 Å². The van der Waals surface area contributed by atoms with Crippen molar-refractivity contribution in [2.24, 2.45) is 0 Å². The molecule has 1 aromatic heterocycles. The summed E-state index contributed by atoms with van der Waals surface area (Å²) in [5.41, 5.74) is 1.14. The molecule has 1 aliphatic rings. The van der Waals surface area contributed by atoms with Crippen LogP contribution in [0.2, 0.25) is 0 Å². The average Bonchev–Trinajstić information content (AvgIpc) is 2.78. The van der Waals surface area contributed by atoms with E-state index in [9.17, 15) is 4.39 Å². The second-order valence-electron chi connectivity index (χ2n) is 4.36. The van der Waals surface area contributed by atoms with Crippen LogP contribution in [-0.4, -0.2) is 33.0 Å². The Morgan fingerprint density at radius 3 is 2.65 bits per heavy atom. The molecule has 0 amide bonds. The Labute approximate surface area is 98.7 Å². The van der Waals surface area contributed by atoms with E-state index in [2.05, 4.69) is 15.2 Å². The van der Waals surface area contributed by atoms with Crippen molar-refractivity contribution in [3.8, 4) is 0 Å². The first-order chi connectivity index (χ1) is 8.31. The van der Waals surface area contributed by atoms with Gasteiger partial charge in [-0.25, -0.2) is 9.07 Å². The summed E-state index contributed by atoms with van der Waals surface area (Å²) in [6, 6.07) is 7.10. The molecule has 88 valence electrons. The standard InChI is InChI=1S/C12H13FN4/c13-11-3-1-10(2-4-11)7-16-8-12(9-16)17-6-5-14-15-17/h1-6,12H,7-9H2. The molecule has 5 heteroatoms. The fourth-order valence-corrected chi connectivity index (χ4v) is 2.10. The number of rotatable bonds is 3. The van der Waals surface area contributed by atoms with Crippen LogP contribution in [0.15, 0.2) is 36.7 Å². The number of aromatic nitrogens is 3. The zero-order chi connectivity index (χ0) is 11.7. The molecule has 3 rings (SSSR count). The Bertz CT molecular complexity index is 474. The van der Waals surface area contributed by atoms with Gasteiger partial charge < -0.3 is 0 Å². The van der Waals surface area contributed by atoms with Gasteiger partial charge >= 0.3 is 0 Å². The van der Waals surface area contributed by atoms with Crippen LogP contribution in [0.25, 0.3) is 0 Å². The third-order valence-electron chi connectivity index (χ3n) is 3.07. The molecule has 1 aromatic carbocycles. The quantitative estimate of drug-likeness (QED) is 0.803. The summed E-state index contributed by atoms with van der Waals surface area (Å²) in [6.45, 7) is 2.81. The van der Waals surface area contributed by atoms with Crippen molar-refractivity contribution in [2.75, 3.05) is 13.1 Å². The van der Waals surface area contributed by atoms with Crippen molar-refractivity contribution in [1.29, 1.82) is 0 Å². The first-order valence-corrected chi connectivity index (χ1v) is 5.64. The van der Waals surface area contributed by atoms with Gasteiger partial charge in [0.1, 0.15) is 5.82 Å². The number of likely N-dealkylation sites (tertiary alicyclic amines) is 1. The Balaban J connectivity index is 1.55. The first kappa shape index (κ1) is 10.4. The second kappa shape index (κ2) is 4.25. The van der Waals surface area contributed by atoms with Gasteiger partial charge in [0.25, 0.3) is 0 Å². The van der Waals surface area contributed by atoms with E-state index in [0.717, 1.165) is 25.2 Å². The van der Waals surface area contributed by atoms with Crippen LogP contribution in [-0.2, 0) is 6.54 Å². The van der Waals surface area contributed by atoms with Gasteiger partial charge in [-0.1, -0.05) is 17.3 Å². The van der Waals surface area contributed by atoms with E-state index in [1.165, 1.54) is 12.1 Å². The highest BCUT2D eigenvalue weighted by Crippen LogP contribution is 2.21. The van der Waals surface area contributed by atoms with Crippen LogP contribution in [0.5, 0.6) is 0 Å². The van der Waals surface area contributed by atoms with Crippen molar-refractivity contribution in [1.82, 2.24) is 19.9 Å². The third-order valence-corrected chi connectivity index (χ3v) is 3.07. The summed E-state index contributed by atoms with van der Waals surface area (Å²) in [7, 11) is 0. The van der Waals surface area contributed by atoms with Gasteiger partial charge in [0.2, 0.25) is 0 Å². The molecule has 1 aliphatic heterocycles. The molecule has 17 heavy (non-hydrogen) atoms. The van der Waals surface area contributed by atoms with Gasteiger partial charge in [-0.15, -0.1) is 5.10 Å². The largest absolute Gasteiger partial charge is 0.295 e. The molecule has 0 spiro atoms. The Morgan fingerprint density at radius 2 is 2.00 bits per heavy atom. The van der Waals surface area contributed by atoms with E-state index in [1.807, 2.05) is 23.0 Å². The third kappa shape index (κ3) is 2.19. The number of hydrogen-bond donors (Lipinski definition) is 0. The molecule has 0 radical (unpaired) electrons. The van der Waals surface area contributed by atoms with Crippen molar-refractivity contribution >= 4 is 0 Å². The zero-order valence-electron chi connectivity index (χ0n) is 9.33. The van der Waals surface area contributed by atoms with Gasteiger partial charge in [-0.3, -0.25) is 4.90 Å². The molecular formula is C12H13FN4. The van der Waals surface area contributed by atoms with Crippen LogP contribution in [0.4, 0.5) is 4.39 Å². The minimum atomic E-state index is -0.183. The summed E-state index contributed by atoms with van der Waals surface area (Å²) >= 11 is 0. The number of nitrogens with zero attached hydrogens (tertiary/aromatic N) is 4. The number of hydrogen-bond acceptors (Lipinski definition) is 3. The van der Waals surface area contributed by atoms with E-state index in [0.29, 0.717) is 6.04 Å². The minimum Gasteiger partial charge on any atom is -0.295 e. The molecule has 0 saturated carbocycles. The predicted octanol–water partition coefficient (Wildman–Crippen LogP) is 1.47. The lowest BCUT2D eigenvalue weighted by Crippen LogP contribution is -2.47. The molecule has 4 nitrogen and oxygen atoms in total. The van der Waals surface area contributed by atoms with Gasteiger partial charge in [0, 0.05) is 25.8 Å². The zero-order valence-corrected chi connectivity index (χ0v) is 9.33. The molecule has 0 atom stereocenters. The molecule has 2 aromatic rings. The molecule has 1 fully saturated rings. The van der Waals surface area contributed by atoms with Gasteiger partial charge in [-0.05, 0) is 17.7 Å². The van der Waals surface area contributed by atoms with Crippen molar-refractivity contribution in [2.45, 2.75) is 12.6 Å². The lowest BCUT2D eigenvalue weighted by Gasteiger charge is -2.38. The normalized spacial score (nSPS) is 17.0. The van der Waals surface area contributed by atoms with Crippen LogP contribution in [0, 0.1) is 5.82 Å². The van der Waals surface area contributed by atoms with Crippen LogP contribution >= 0.6 is 0 Å². The number of halogens is 1. The lowest BCUT2D eigenvalue weighted by atomic mass is 10.1. The molecule has 0 bridgehead atoms. The lowest BCUT2D eigenvalue weighted by molar-refractivity contribution is 0.0896. The highest BCUT2D eigenvalue weighted by Gasteiger charge is 2.28. The maximum Gasteiger partial charge on any atom is 0.123 e. The molecule has 0 unspecified atom stereocenters. The van der Waals surface area contributed by atoms with Crippen LogP contribution < -0.4 is 0 Å². The fourth-order valence-electron chi connectivity index (χ4n) is 2.10. The Hall–Kier alpha value is -1.75. The van der Waals surface area contributed by atoms with E-state index in [4.69, 9.17) is 0 Å². The fraction of sp³-hybridized carbons (Fsp3) is 0.333. The monoisotopic (exact) mass is 232 g/mol. The van der Waals surface area contributed by atoms with Crippen LogP contribution in [0.1, 0.15) is 11.6 Å². The topological polar surface area (TPSA) is 34.0 Å². The highest BCUT2D eigenvalue weighted by molar-refractivity contribution is 5.16. The summed E-state index contributed by atoms with van der Waals surface area (Å²) in [5.74, 6) is -0.183. The molecular weight excluding hydrogens is 219 g/mol. The van der Waals surface area contributed by atoms with Crippen molar-refractivity contribution in [3.63, 3.8) is 0 Å². The van der Waals surface area contributed by atoms with E-state index in [1.54, 1.807) is 6.20 Å². The van der Waals surface area contributed by atoms with Crippen molar-refractivity contribution in [3.05, 3.63) is 48.0 Å². The summed E-state index contributed by atoms with van der Waals surface area (Å²) in [5, 5.41) is 7.78. The van der Waals surface area contributed by atoms with Gasteiger partial charge in [-0.2, -0.15) is 0 Å². The molecule has 2 heterocycles. The number of benzene rings is 1. The average molecular weight is 232 g/mol. The van der Waals surface area contributed by atoms with Crippen LogP contribution in [0.3, 0.4) is 0 Å². The smallest absolute Gasteiger partial charge is 0.123 e. The molecule has 0 N–H and O–H groups in total. The highest BCUT2D eigenvalue weighted by atomic mass is 19.1. The second-order valence-corrected chi connectivity index (χ2v) is 4.36. The van der Waals surface area contributed by atoms with Crippen molar-refractivity contribution < 1.29 is 4.39 Å². The minimum absolute atomic E-state index is 0.183. The summed E-state index contributed by atoms with van der Waals surface area (Å²) in [6.07, 6.45) is 3.59. The Morgan fingerprint density at radius 1 is 1.24 bits per heavy atom.